The van der Waals surface area contributed by atoms with E-state index in [1.165, 1.54) is 4.57 Å². The average molecular weight is 507 g/mol. The molecule has 3 heterocycles. The summed E-state index contributed by atoms with van der Waals surface area (Å²) in [6, 6.07) is 9.29. The van der Waals surface area contributed by atoms with Crippen molar-refractivity contribution in [2.45, 2.75) is 37.5 Å². The zero-order valence-electron chi connectivity index (χ0n) is 18.9. The maximum Gasteiger partial charge on any atom is 0.259 e. The van der Waals surface area contributed by atoms with Crippen molar-refractivity contribution in [1.29, 1.82) is 0 Å². The number of anilines is 1. The van der Waals surface area contributed by atoms with Crippen LogP contribution in [-0.2, 0) is 16.5 Å². The van der Waals surface area contributed by atoms with Crippen LogP contribution in [0.1, 0.15) is 25.7 Å². The van der Waals surface area contributed by atoms with Crippen molar-refractivity contribution < 1.29 is 14.6 Å². The summed E-state index contributed by atoms with van der Waals surface area (Å²) < 4.78 is 13.5. The lowest BCUT2D eigenvalue weighted by atomic mass is 9.89. The summed E-state index contributed by atoms with van der Waals surface area (Å²) in [5, 5.41) is 14.0. The van der Waals surface area contributed by atoms with Crippen LogP contribution < -0.4 is 10.9 Å². The van der Waals surface area contributed by atoms with Gasteiger partial charge >= 0.3 is 0 Å². The normalized spacial score (nSPS) is 24.7. The molecule has 2 aromatic heterocycles. The highest BCUT2D eigenvalue weighted by atomic mass is 35.5. The van der Waals surface area contributed by atoms with Gasteiger partial charge in [0.15, 0.2) is 5.79 Å². The molecule has 1 spiro atoms. The smallest absolute Gasteiger partial charge is 0.259 e. The number of pyridine rings is 1. The van der Waals surface area contributed by atoms with Crippen LogP contribution in [0, 0.1) is 5.92 Å². The molecule has 0 bridgehead atoms. The summed E-state index contributed by atoms with van der Waals surface area (Å²) in [5.74, 6) is 0.0185. The number of nitrogens with zero attached hydrogens (tertiary/aromatic N) is 3. The first kappa shape index (κ1) is 24.9. The van der Waals surface area contributed by atoms with Gasteiger partial charge in [0.2, 0.25) is 5.95 Å². The van der Waals surface area contributed by atoms with E-state index >= 15 is 0 Å². The van der Waals surface area contributed by atoms with E-state index in [-0.39, 0.29) is 36.5 Å². The van der Waals surface area contributed by atoms with Crippen molar-refractivity contribution >= 4 is 41.0 Å². The fourth-order valence-corrected chi connectivity index (χ4v) is 4.83. The Balaban J connectivity index is 0.00000274. The third-order valence-corrected chi connectivity index (χ3v) is 6.95. The fourth-order valence-electron chi connectivity index (χ4n) is 4.60. The van der Waals surface area contributed by atoms with Crippen LogP contribution >= 0.6 is 24.0 Å². The van der Waals surface area contributed by atoms with Gasteiger partial charge in [0.25, 0.3) is 5.56 Å². The van der Waals surface area contributed by atoms with Crippen LogP contribution in [-0.4, -0.2) is 51.3 Å². The minimum Gasteiger partial charge on any atom is -0.396 e. The molecule has 10 heteroatoms. The predicted molar refractivity (Wildman–Crippen MR) is 134 cm³/mol. The zero-order valence-corrected chi connectivity index (χ0v) is 20.4. The second-order valence-corrected chi connectivity index (χ2v) is 9.28. The minimum atomic E-state index is -0.535. The molecule has 1 aromatic carbocycles. The van der Waals surface area contributed by atoms with Crippen molar-refractivity contribution in [1.82, 2.24) is 14.5 Å². The average Bonchev–Trinajstić information content (AvgIpc) is 2.84. The highest BCUT2D eigenvalue weighted by Gasteiger charge is 2.41. The molecule has 0 unspecified atom stereocenters. The zero-order chi connectivity index (χ0) is 23.0. The number of aliphatic hydroxyl groups excluding tert-OH is 1. The summed E-state index contributed by atoms with van der Waals surface area (Å²) in [6.07, 6.45) is 4.99. The first-order chi connectivity index (χ1) is 16.0. The lowest BCUT2D eigenvalue weighted by Gasteiger charge is -2.44. The number of nitrogens with one attached hydrogen (secondary N) is 1. The van der Waals surface area contributed by atoms with Crippen LogP contribution in [0.15, 0.2) is 41.3 Å². The van der Waals surface area contributed by atoms with E-state index in [1.807, 2.05) is 18.2 Å². The Hall–Kier alpha value is -2.23. The maximum absolute atomic E-state index is 13.0. The first-order valence-electron chi connectivity index (χ1n) is 11.2. The van der Waals surface area contributed by atoms with Gasteiger partial charge in [0.05, 0.1) is 19.8 Å². The number of aryl methyl sites for hydroxylation is 1. The van der Waals surface area contributed by atoms with Crippen LogP contribution in [0.3, 0.4) is 0 Å². The van der Waals surface area contributed by atoms with Crippen molar-refractivity contribution in [3.8, 4) is 11.1 Å². The molecule has 1 aliphatic carbocycles. The van der Waals surface area contributed by atoms with Gasteiger partial charge in [-0.25, -0.2) is 4.98 Å². The van der Waals surface area contributed by atoms with Gasteiger partial charge in [-0.3, -0.25) is 9.36 Å². The fraction of sp³-hybridized carbons (Fsp3) is 0.458. The first-order valence-corrected chi connectivity index (χ1v) is 11.6. The third-order valence-electron chi connectivity index (χ3n) is 6.62. The van der Waals surface area contributed by atoms with Crippen LogP contribution in [0.5, 0.6) is 0 Å². The van der Waals surface area contributed by atoms with Gasteiger partial charge in [-0.1, -0.05) is 29.8 Å². The van der Waals surface area contributed by atoms with Crippen LogP contribution in [0.4, 0.5) is 5.95 Å². The molecule has 0 amide bonds. The molecule has 2 aliphatic rings. The van der Waals surface area contributed by atoms with E-state index in [0.717, 1.165) is 31.1 Å². The summed E-state index contributed by atoms with van der Waals surface area (Å²) >= 11 is 6.32. The Labute approximate surface area is 208 Å². The second-order valence-electron chi connectivity index (χ2n) is 8.87. The molecule has 1 saturated heterocycles. The Bertz CT molecular complexity index is 1220. The predicted octanol–water partition coefficient (Wildman–Crippen LogP) is 3.78. The Kier molecular flexibility index (Phi) is 7.45. The summed E-state index contributed by atoms with van der Waals surface area (Å²) in [6.45, 7) is 1.15. The van der Waals surface area contributed by atoms with Gasteiger partial charge in [-0.2, -0.15) is 4.98 Å². The third kappa shape index (κ3) is 4.78. The van der Waals surface area contributed by atoms with E-state index in [9.17, 15) is 9.90 Å². The number of aliphatic hydroxyl groups is 1. The Morgan fingerprint density at radius 2 is 1.91 bits per heavy atom. The number of benzene rings is 1. The van der Waals surface area contributed by atoms with Gasteiger partial charge < -0.3 is 19.9 Å². The summed E-state index contributed by atoms with van der Waals surface area (Å²) in [4.78, 5) is 22.2. The van der Waals surface area contributed by atoms with E-state index in [1.54, 1.807) is 25.4 Å². The number of aromatic nitrogens is 3. The van der Waals surface area contributed by atoms with E-state index in [4.69, 9.17) is 21.1 Å². The number of hydrogen-bond acceptors (Lipinski definition) is 7. The lowest BCUT2D eigenvalue weighted by molar-refractivity contribution is -0.297. The van der Waals surface area contributed by atoms with Gasteiger partial charge in [-0.15, -0.1) is 12.4 Å². The summed E-state index contributed by atoms with van der Waals surface area (Å²) in [7, 11) is 1.71. The van der Waals surface area contributed by atoms with Crippen molar-refractivity contribution in [3.63, 3.8) is 0 Å². The maximum atomic E-state index is 13.0. The van der Waals surface area contributed by atoms with E-state index in [2.05, 4.69) is 15.3 Å². The van der Waals surface area contributed by atoms with Gasteiger partial charge in [0, 0.05) is 59.6 Å². The largest absolute Gasteiger partial charge is 0.396 e. The molecule has 1 aliphatic heterocycles. The van der Waals surface area contributed by atoms with E-state index < -0.39 is 5.79 Å². The molecule has 5 rings (SSSR count). The topological polar surface area (TPSA) is 98.5 Å². The van der Waals surface area contributed by atoms with Crippen LogP contribution in [0.2, 0.25) is 5.02 Å². The Morgan fingerprint density at radius 3 is 2.59 bits per heavy atom. The van der Waals surface area contributed by atoms with Crippen molar-refractivity contribution in [3.05, 3.63) is 51.9 Å². The van der Waals surface area contributed by atoms with E-state index in [0.29, 0.717) is 41.0 Å². The second kappa shape index (κ2) is 10.2. The van der Waals surface area contributed by atoms with Crippen LogP contribution in [0.25, 0.3) is 22.2 Å². The number of hydrogen-bond donors (Lipinski definition) is 2. The molecule has 2 N–H and O–H groups in total. The SMILES string of the molecule is Cl.Cn1c(=O)c(-c2ccccc2Cl)cc2cnc(NC3CCC4(CC3)OCC(CO)CO4)nc21. The highest BCUT2D eigenvalue weighted by molar-refractivity contribution is 6.33. The van der Waals surface area contributed by atoms with Crippen molar-refractivity contribution in [2.75, 3.05) is 25.1 Å². The number of halogens is 2. The molecule has 3 aromatic rings. The van der Waals surface area contributed by atoms with Gasteiger partial charge in [-0.05, 0) is 25.0 Å². The standard InChI is InChI=1S/C24H27ClN4O4.ClH/c1-29-21-16(10-19(22(29)31)18-4-2-3-5-20(18)25)11-26-23(28-21)27-17-6-8-24(9-7-17)32-13-15(12-30)14-33-24;/h2-5,10-11,15,17,30H,6-9,12-14H2,1H3,(H,26,27,28);1H. The molecule has 0 atom stereocenters. The number of fused-ring (bicyclic) bond motifs is 1. The highest BCUT2D eigenvalue weighted by Crippen LogP contribution is 2.37. The minimum absolute atomic E-state index is 0. The molecule has 8 nitrogen and oxygen atoms in total. The quantitative estimate of drug-likeness (QED) is 0.555. The number of ether oxygens (including phenoxy) is 2. The molecular weight excluding hydrogens is 479 g/mol. The van der Waals surface area contributed by atoms with Gasteiger partial charge in [0.1, 0.15) is 5.65 Å². The molecule has 2 fully saturated rings. The summed E-state index contributed by atoms with van der Waals surface area (Å²) in [5.41, 5.74) is 1.62. The number of rotatable bonds is 4. The molecule has 0 radical (unpaired) electrons. The lowest BCUT2D eigenvalue weighted by Crippen LogP contribution is -2.48. The molecule has 34 heavy (non-hydrogen) atoms. The van der Waals surface area contributed by atoms with Crippen molar-refractivity contribution in [2.24, 2.45) is 13.0 Å². The molecular formula is C24H28Cl2N4O4. The monoisotopic (exact) mass is 506 g/mol. The molecule has 1 saturated carbocycles. The Morgan fingerprint density at radius 1 is 1.21 bits per heavy atom. The molecule has 182 valence electrons.